The molecule has 24 heavy (non-hydrogen) atoms. The van der Waals surface area contributed by atoms with E-state index in [2.05, 4.69) is 4.98 Å². The zero-order valence-corrected chi connectivity index (χ0v) is 13.2. The Morgan fingerprint density at radius 3 is 2.12 bits per heavy atom. The Bertz CT molecular complexity index is 831. The van der Waals surface area contributed by atoms with E-state index in [0.29, 0.717) is 29.1 Å². The maximum atomic E-state index is 12.9. The van der Waals surface area contributed by atoms with Crippen LogP contribution in [-0.4, -0.2) is 15.8 Å². The number of hydrogen-bond acceptors (Lipinski definition) is 3. The van der Waals surface area contributed by atoms with Crippen LogP contribution in [0.4, 0.5) is 26.3 Å². The summed E-state index contributed by atoms with van der Waals surface area (Å²) in [6.45, 7) is 0. The molecule has 0 saturated carbocycles. The van der Waals surface area contributed by atoms with E-state index in [0.717, 1.165) is 11.8 Å². The second kappa shape index (κ2) is 6.32. The van der Waals surface area contributed by atoms with Crippen molar-refractivity contribution in [2.75, 3.05) is 6.26 Å². The molecule has 0 aromatic carbocycles. The second-order valence-electron chi connectivity index (χ2n) is 4.50. The Balaban J connectivity index is 2.71. The van der Waals surface area contributed by atoms with Gasteiger partial charge in [0, 0.05) is 12.4 Å². The molecule has 0 fully saturated rings. The summed E-state index contributed by atoms with van der Waals surface area (Å²) in [6.07, 6.45) is -7.24. The van der Waals surface area contributed by atoms with E-state index < -0.39 is 39.9 Å². The quantitative estimate of drug-likeness (QED) is 0.555. The summed E-state index contributed by atoms with van der Waals surface area (Å²) in [5.74, 6) is -0.518. The number of nitrogens with zero attached hydrogens (tertiary/aromatic N) is 2. The summed E-state index contributed by atoms with van der Waals surface area (Å²) in [7, 11) is 0. The highest BCUT2D eigenvalue weighted by Gasteiger charge is 2.34. The monoisotopic (exact) mass is 388 g/mol. The fourth-order valence-electron chi connectivity index (χ4n) is 1.78. The van der Waals surface area contributed by atoms with Crippen LogP contribution in [-0.2, 0) is 12.4 Å². The van der Waals surface area contributed by atoms with Crippen LogP contribution in [0.3, 0.4) is 0 Å². The van der Waals surface area contributed by atoms with Crippen LogP contribution < -0.4 is 5.56 Å². The van der Waals surface area contributed by atoms with E-state index in [1.165, 1.54) is 6.26 Å². The number of halogens is 7. The van der Waals surface area contributed by atoms with Gasteiger partial charge in [-0.25, -0.2) is 4.98 Å². The number of hydrogen-bond donors (Lipinski definition) is 0. The smallest absolute Gasteiger partial charge is 0.268 e. The van der Waals surface area contributed by atoms with Gasteiger partial charge in [-0.2, -0.15) is 26.3 Å². The Morgan fingerprint density at radius 1 is 1.08 bits per heavy atom. The van der Waals surface area contributed by atoms with Gasteiger partial charge in [-0.15, -0.1) is 11.8 Å². The Kier molecular flexibility index (Phi) is 4.91. The molecule has 2 heterocycles. The molecule has 11 heteroatoms. The van der Waals surface area contributed by atoms with E-state index in [-0.39, 0.29) is 4.90 Å². The molecule has 0 aliphatic heterocycles. The molecular weight excluding hydrogens is 382 g/mol. The van der Waals surface area contributed by atoms with Gasteiger partial charge in [-0.1, -0.05) is 11.6 Å². The number of aromatic nitrogens is 2. The zero-order chi connectivity index (χ0) is 18.3. The van der Waals surface area contributed by atoms with Crippen molar-refractivity contribution >= 4 is 23.4 Å². The average Bonchev–Trinajstić information content (AvgIpc) is 2.45. The predicted molar refractivity (Wildman–Crippen MR) is 76.6 cm³/mol. The molecule has 0 radical (unpaired) electrons. The SMILES string of the molecule is CSc1cc(C(F)(F)F)cn(-c2ncc(C(F)(F)F)cc2Cl)c1=O. The fourth-order valence-corrected chi connectivity index (χ4v) is 2.55. The molecule has 130 valence electrons. The molecule has 0 N–H and O–H groups in total. The van der Waals surface area contributed by atoms with Crippen molar-refractivity contribution in [1.29, 1.82) is 0 Å². The van der Waals surface area contributed by atoms with E-state index in [9.17, 15) is 31.1 Å². The molecule has 2 aromatic rings. The Labute approximate surface area is 140 Å². The summed E-state index contributed by atoms with van der Waals surface area (Å²) < 4.78 is 77.1. The van der Waals surface area contributed by atoms with Crippen molar-refractivity contribution in [2.45, 2.75) is 17.2 Å². The first-order chi connectivity index (χ1) is 10.9. The third kappa shape index (κ3) is 3.69. The van der Waals surface area contributed by atoms with Gasteiger partial charge in [-0.05, 0) is 18.4 Å². The van der Waals surface area contributed by atoms with Crippen molar-refractivity contribution in [2.24, 2.45) is 0 Å². The van der Waals surface area contributed by atoms with Crippen LogP contribution in [0.5, 0.6) is 0 Å². The van der Waals surface area contributed by atoms with Crippen LogP contribution in [0, 0.1) is 0 Å². The molecule has 0 aliphatic carbocycles. The molecule has 0 bridgehead atoms. The number of alkyl halides is 6. The molecule has 0 aliphatic rings. The second-order valence-corrected chi connectivity index (χ2v) is 5.75. The minimum absolute atomic E-state index is 0.248. The molecule has 0 amide bonds. The molecule has 0 atom stereocenters. The third-order valence-corrected chi connectivity index (χ3v) is 3.92. The lowest BCUT2D eigenvalue weighted by Crippen LogP contribution is -2.23. The molecule has 0 unspecified atom stereocenters. The largest absolute Gasteiger partial charge is 0.417 e. The van der Waals surface area contributed by atoms with Gasteiger partial charge in [0.05, 0.1) is 21.0 Å². The minimum atomic E-state index is -4.75. The van der Waals surface area contributed by atoms with Gasteiger partial charge in [-0.3, -0.25) is 9.36 Å². The molecule has 0 saturated heterocycles. The molecule has 0 spiro atoms. The number of rotatable bonds is 2. The topological polar surface area (TPSA) is 34.9 Å². The van der Waals surface area contributed by atoms with Gasteiger partial charge >= 0.3 is 12.4 Å². The van der Waals surface area contributed by atoms with Gasteiger partial charge in [0.1, 0.15) is 0 Å². The van der Waals surface area contributed by atoms with Crippen molar-refractivity contribution in [3.8, 4) is 5.82 Å². The number of thioether (sulfide) groups is 1. The molecule has 3 nitrogen and oxygen atoms in total. The van der Waals surface area contributed by atoms with E-state index in [4.69, 9.17) is 11.6 Å². The third-order valence-electron chi connectivity index (χ3n) is 2.91. The van der Waals surface area contributed by atoms with Gasteiger partial charge in [0.15, 0.2) is 5.82 Å². The maximum Gasteiger partial charge on any atom is 0.417 e. The summed E-state index contributed by atoms with van der Waals surface area (Å²) in [5.41, 5.74) is -3.20. The number of pyridine rings is 2. The highest BCUT2D eigenvalue weighted by Crippen LogP contribution is 2.33. The van der Waals surface area contributed by atoms with Crippen LogP contribution in [0.25, 0.3) is 5.82 Å². The minimum Gasteiger partial charge on any atom is -0.268 e. The lowest BCUT2D eigenvalue weighted by atomic mass is 10.2. The van der Waals surface area contributed by atoms with Gasteiger partial charge < -0.3 is 0 Å². The van der Waals surface area contributed by atoms with Crippen molar-refractivity contribution in [1.82, 2.24) is 9.55 Å². The fraction of sp³-hybridized carbons (Fsp3) is 0.231. The summed E-state index contributed by atoms with van der Waals surface area (Å²) in [5, 5.41) is -0.599. The molecular formula is C13H7ClF6N2OS. The average molecular weight is 389 g/mol. The van der Waals surface area contributed by atoms with Gasteiger partial charge in [0.2, 0.25) is 0 Å². The highest BCUT2D eigenvalue weighted by atomic mass is 35.5. The van der Waals surface area contributed by atoms with E-state index in [1.54, 1.807) is 0 Å². The summed E-state index contributed by atoms with van der Waals surface area (Å²) >= 11 is 6.46. The first-order valence-corrected chi connectivity index (χ1v) is 7.66. The lowest BCUT2D eigenvalue weighted by Gasteiger charge is -2.14. The van der Waals surface area contributed by atoms with Crippen LogP contribution in [0.2, 0.25) is 5.02 Å². The Hall–Kier alpha value is -1.68. The zero-order valence-electron chi connectivity index (χ0n) is 11.7. The molecule has 2 rings (SSSR count). The van der Waals surface area contributed by atoms with Crippen molar-refractivity contribution in [3.05, 3.63) is 51.0 Å². The van der Waals surface area contributed by atoms with Crippen molar-refractivity contribution < 1.29 is 26.3 Å². The van der Waals surface area contributed by atoms with Crippen LogP contribution >= 0.6 is 23.4 Å². The van der Waals surface area contributed by atoms with Crippen molar-refractivity contribution in [3.63, 3.8) is 0 Å². The Morgan fingerprint density at radius 2 is 1.67 bits per heavy atom. The van der Waals surface area contributed by atoms with E-state index >= 15 is 0 Å². The van der Waals surface area contributed by atoms with Crippen LogP contribution in [0.15, 0.2) is 34.2 Å². The standard InChI is InChI=1S/C13H7ClF6N2OS/c1-24-9-3-7(13(18,19)20)5-22(11(9)23)10-8(14)2-6(4-21-10)12(15,16)17/h2-5H,1H3. The summed E-state index contributed by atoms with van der Waals surface area (Å²) in [6, 6.07) is 1.15. The molecule has 2 aromatic heterocycles. The predicted octanol–water partition coefficient (Wildman–Crippen LogP) is 4.65. The first kappa shape index (κ1) is 18.7. The van der Waals surface area contributed by atoms with Gasteiger partial charge in [0.25, 0.3) is 5.56 Å². The maximum absolute atomic E-state index is 12.9. The first-order valence-electron chi connectivity index (χ1n) is 6.06. The summed E-state index contributed by atoms with van der Waals surface area (Å²) in [4.78, 5) is 15.3. The lowest BCUT2D eigenvalue weighted by molar-refractivity contribution is -0.138. The van der Waals surface area contributed by atoms with E-state index in [1.807, 2.05) is 0 Å². The normalized spacial score (nSPS) is 12.5. The van der Waals surface area contributed by atoms with Crippen LogP contribution in [0.1, 0.15) is 11.1 Å². The highest BCUT2D eigenvalue weighted by molar-refractivity contribution is 7.98.